The highest BCUT2D eigenvalue weighted by Crippen LogP contribution is 2.17. The maximum absolute atomic E-state index is 14.1. The summed E-state index contributed by atoms with van der Waals surface area (Å²) < 4.78 is 16.0. The molecule has 1 aromatic carbocycles. The topological polar surface area (TPSA) is 53.4 Å². The standard InChI is InChI=1S/C20H28FN5O.ClH/c1-24(2)12-13-25(15-16-6-3-4-8-18(16)21)20(27)19-9-11-26(23-19)17-7-5-10-22-14-17;/h3-4,6,8-9,11,17,22H,5,7,10,12-15H2,1-2H3;1H. The molecule has 1 atom stereocenters. The van der Waals surface area contributed by atoms with Gasteiger partial charge in [0.1, 0.15) is 11.5 Å². The molecule has 0 bridgehead atoms. The van der Waals surface area contributed by atoms with Crippen molar-refractivity contribution in [2.45, 2.75) is 25.4 Å². The molecule has 1 N–H and O–H groups in total. The average molecular weight is 410 g/mol. The second-order valence-electron chi connectivity index (χ2n) is 7.30. The van der Waals surface area contributed by atoms with Gasteiger partial charge in [-0.25, -0.2) is 4.39 Å². The molecule has 1 fully saturated rings. The summed E-state index contributed by atoms with van der Waals surface area (Å²) in [5.74, 6) is -0.457. The molecule has 0 aliphatic carbocycles. The number of amides is 1. The molecular weight excluding hydrogens is 381 g/mol. The third kappa shape index (κ3) is 5.77. The van der Waals surface area contributed by atoms with Gasteiger partial charge in [0, 0.05) is 37.9 Å². The van der Waals surface area contributed by atoms with Gasteiger partial charge in [-0.05, 0) is 45.6 Å². The molecule has 28 heavy (non-hydrogen) atoms. The van der Waals surface area contributed by atoms with Crippen LogP contribution in [0.3, 0.4) is 0 Å². The predicted molar refractivity (Wildman–Crippen MR) is 110 cm³/mol. The maximum Gasteiger partial charge on any atom is 0.274 e. The normalized spacial score (nSPS) is 16.6. The second-order valence-corrected chi connectivity index (χ2v) is 7.30. The summed E-state index contributed by atoms with van der Waals surface area (Å²) >= 11 is 0. The van der Waals surface area contributed by atoms with Crippen LogP contribution in [0.4, 0.5) is 4.39 Å². The molecule has 6 nitrogen and oxygen atoms in total. The molecule has 3 rings (SSSR count). The van der Waals surface area contributed by atoms with E-state index in [1.807, 2.05) is 29.9 Å². The number of nitrogens with one attached hydrogen (secondary N) is 1. The molecule has 0 radical (unpaired) electrons. The Labute approximate surface area is 172 Å². The fourth-order valence-electron chi connectivity index (χ4n) is 3.28. The number of piperidine rings is 1. The molecule has 1 aliphatic rings. The summed E-state index contributed by atoms with van der Waals surface area (Å²) in [6.07, 6.45) is 4.04. The molecule has 0 saturated carbocycles. The van der Waals surface area contributed by atoms with Gasteiger partial charge < -0.3 is 15.1 Å². The number of aromatic nitrogens is 2. The highest BCUT2D eigenvalue weighted by Gasteiger charge is 2.22. The number of carbonyl (C=O) groups is 1. The van der Waals surface area contributed by atoms with Crippen LogP contribution >= 0.6 is 12.4 Å². The van der Waals surface area contributed by atoms with Crippen LogP contribution in [0, 0.1) is 5.82 Å². The number of rotatable bonds is 7. The van der Waals surface area contributed by atoms with Crippen LogP contribution in [0.15, 0.2) is 36.5 Å². The number of carbonyl (C=O) groups excluding carboxylic acids is 1. The van der Waals surface area contributed by atoms with Gasteiger partial charge in [0.25, 0.3) is 5.91 Å². The Morgan fingerprint density at radius 1 is 1.29 bits per heavy atom. The lowest BCUT2D eigenvalue weighted by Gasteiger charge is -2.24. The molecular formula is C20H29ClFN5O. The van der Waals surface area contributed by atoms with Gasteiger partial charge in [-0.2, -0.15) is 5.10 Å². The molecule has 154 valence electrons. The van der Waals surface area contributed by atoms with E-state index >= 15 is 0 Å². The Morgan fingerprint density at radius 2 is 2.07 bits per heavy atom. The van der Waals surface area contributed by atoms with Crippen molar-refractivity contribution in [2.75, 3.05) is 40.3 Å². The van der Waals surface area contributed by atoms with Gasteiger partial charge in [0.05, 0.1) is 6.04 Å². The fourth-order valence-corrected chi connectivity index (χ4v) is 3.28. The smallest absolute Gasteiger partial charge is 0.274 e. The third-order valence-electron chi connectivity index (χ3n) is 4.90. The summed E-state index contributed by atoms with van der Waals surface area (Å²) in [5, 5.41) is 7.89. The molecule has 8 heteroatoms. The van der Waals surface area contributed by atoms with Crippen molar-refractivity contribution in [1.82, 2.24) is 24.9 Å². The van der Waals surface area contributed by atoms with Crippen molar-refractivity contribution in [3.8, 4) is 0 Å². The lowest BCUT2D eigenvalue weighted by atomic mass is 10.1. The summed E-state index contributed by atoms with van der Waals surface area (Å²) in [7, 11) is 3.91. The SMILES string of the molecule is CN(C)CCN(Cc1ccccc1F)C(=O)c1ccn(C2CCCNC2)n1.Cl. The average Bonchev–Trinajstić information content (AvgIpc) is 3.17. The molecule has 0 spiro atoms. The van der Waals surface area contributed by atoms with E-state index in [2.05, 4.69) is 10.4 Å². The van der Waals surface area contributed by atoms with E-state index in [0.717, 1.165) is 25.9 Å². The first kappa shape index (κ1) is 22.3. The van der Waals surface area contributed by atoms with Crippen molar-refractivity contribution in [3.05, 3.63) is 53.6 Å². The van der Waals surface area contributed by atoms with Gasteiger partial charge >= 0.3 is 0 Å². The Hall–Kier alpha value is -1.96. The predicted octanol–water partition coefficient (Wildman–Crippen LogP) is 2.57. The number of nitrogens with zero attached hydrogens (tertiary/aromatic N) is 4. The summed E-state index contributed by atoms with van der Waals surface area (Å²) in [6, 6.07) is 8.64. The van der Waals surface area contributed by atoms with Crippen LogP contribution in [0.5, 0.6) is 0 Å². The molecule has 1 aliphatic heterocycles. The minimum Gasteiger partial charge on any atom is -0.332 e. The van der Waals surface area contributed by atoms with Gasteiger partial charge in [0.2, 0.25) is 0 Å². The Kier molecular flexibility index (Phi) is 8.41. The molecule has 1 saturated heterocycles. The van der Waals surface area contributed by atoms with E-state index in [4.69, 9.17) is 0 Å². The molecule has 1 amide bonds. The quantitative estimate of drug-likeness (QED) is 0.763. The van der Waals surface area contributed by atoms with Gasteiger partial charge in [-0.15, -0.1) is 12.4 Å². The van der Waals surface area contributed by atoms with Crippen molar-refractivity contribution < 1.29 is 9.18 Å². The molecule has 2 aromatic rings. The Morgan fingerprint density at radius 3 is 2.75 bits per heavy atom. The van der Waals surface area contributed by atoms with Crippen molar-refractivity contribution >= 4 is 18.3 Å². The molecule has 1 unspecified atom stereocenters. The van der Waals surface area contributed by atoms with E-state index in [1.54, 1.807) is 29.2 Å². The summed E-state index contributed by atoms with van der Waals surface area (Å²) in [4.78, 5) is 16.7. The number of likely N-dealkylation sites (N-methyl/N-ethyl adjacent to an activating group) is 1. The number of hydrogen-bond donors (Lipinski definition) is 1. The monoisotopic (exact) mass is 409 g/mol. The maximum atomic E-state index is 14.1. The highest BCUT2D eigenvalue weighted by atomic mass is 35.5. The zero-order valence-corrected chi connectivity index (χ0v) is 17.3. The fraction of sp³-hybridized carbons (Fsp3) is 0.500. The van der Waals surface area contributed by atoms with Gasteiger partial charge in [0.15, 0.2) is 0 Å². The summed E-state index contributed by atoms with van der Waals surface area (Å²) in [5.41, 5.74) is 0.927. The minimum atomic E-state index is -0.293. The number of benzene rings is 1. The van der Waals surface area contributed by atoms with E-state index in [-0.39, 0.29) is 36.7 Å². The summed E-state index contributed by atoms with van der Waals surface area (Å²) in [6.45, 7) is 3.35. The van der Waals surface area contributed by atoms with E-state index < -0.39 is 0 Å². The van der Waals surface area contributed by atoms with Gasteiger partial charge in [-0.1, -0.05) is 18.2 Å². The first-order chi connectivity index (χ1) is 13.0. The van der Waals surface area contributed by atoms with Crippen molar-refractivity contribution in [1.29, 1.82) is 0 Å². The first-order valence-electron chi connectivity index (χ1n) is 9.48. The van der Waals surface area contributed by atoms with Crippen LogP contribution in [-0.4, -0.2) is 65.8 Å². The zero-order valence-electron chi connectivity index (χ0n) is 16.5. The van der Waals surface area contributed by atoms with Gasteiger partial charge in [-0.3, -0.25) is 9.48 Å². The van der Waals surface area contributed by atoms with Crippen LogP contribution in [0.1, 0.15) is 34.9 Å². The third-order valence-corrected chi connectivity index (χ3v) is 4.90. The largest absolute Gasteiger partial charge is 0.332 e. The number of halogens is 2. The van der Waals surface area contributed by atoms with E-state index in [0.29, 0.717) is 24.3 Å². The van der Waals surface area contributed by atoms with Crippen LogP contribution < -0.4 is 5.32 Å². The second kappa shape index (κ2) is 10.5. The minimum absolute atomic E-state index is 0. The lowest BCUT2D eigenvalue weighted by molar-refractivity contribution is 0.0723. The number of hydrogen-bond acceptors (Lipinski definition) is 4. The van der Waals surface area contributed by atoms with Crippen molar-refractivity contribution in [2.24, 2.45) is 0 Å². The molecule has 2 heterocycles. The van der Waals surface area contributed by atoms with Crippen LogP contribution in [0.2, 0.25) is 0 Å². The lowest BCUT2D eigenvalue weighted by Crippen LogP contribution is -2.37. The Balaban J connectivity index is 0.00000280. The Bertz CT molecular complexity index is 761. The zero-order chi connectivity index (χ0) is 19.2. The van der Waals surface area contributed by atoms with Crippen molar-refractivity contribution in [3.63, 3.8) is 0 Å². The highest BCUT2D eigenvalue weighted by molar-refractivity contribution is 5.92. The molecule has 1 aromatic heterocycles. The first-order valence-corrected chi connectivity index (χ1v) is 9.48. The van der Waals surface area contributed by atoms with E-state index in [9.17, 15) is 9.18 Å². The van der Waals surface area contributed by atoms with E-state index in [1.165, 1.54) is 6.07 Å². The van der Waals surface area contributed by atoms with Crippen LogP contribution in [0.25, 0.3) is 0 Å². The van der Waals surface area contributed by atoms with Crippen LogP contribution in [-0.2, 0) is 6.54 Å².